The summed E-state index contributed by atoms with van der Waals surface area (Å²) < 4.78 is 0. The zero-order valence-corrected chi connectivity index (χ0v) is 9.28. The van der Waals surface area contributed by atoms with E-state index in [4.69, 9.17) is 0 Å². The summed E-state index contributed by atoms with van der Waals surface area (Å²) in [5.41, 5.74) is 1.53. The van der Waals surface area contributed by atoms with Crippen LogP contribution in [0.15, 0.2) is 36.0 Å². The maximum atomic E-state index is 3.44. The van der Waals surface area contributed by atoms with E-state index in [9.17, 15) is 0 Å². The van der Waals surface area contributed by atoms with Crippen LogP contribution >= 0.6 is 0 Å². The van der Waals surface area contributed by atoms with E-state index in [0.717, 1.165) is 19.5 Å². The molecular weight excluding hydrogens is 184 g/mol. The Bertz CT molecular complexity index is 268. The average molecular weight is 204 g/mol. The molecule has 1 saturated heterocycles. The lowest BCUT2D eigenvalue weighted by Gasteiger charge is -2.20. The van der Waals surface area contributed by atoms with E-state index in [1.807, 2.05) is 0 Å². The maximum absolute atomic E-state index is 3.44. The van der Waals surface area contributed by atoms with Gasteiger partial charge in [-0.1, -0.05) is 36.0 Å². The molecule has 2 heteroatoms. The first kappa shape index (κ1) is 10.7. The fourth-order valence-corrected chi connectivity index (χ4v) is 2.09. The number of nitrogens with one attached hydrogen (secondary N) is 1. The van der Waals surface area contributed by atoms with Crippen molar-refractivity contribution in [2.24, 2.45) is 0 Å². The SMILES string of the molecule is C1=CC=C(CN2CCCNCC2)CC=C1. The van der Waals surface area contributed by atoms with E-state index >= 15 is 0 Å². The summed E-state index contributed by atoms with van der Waals surface area (Å²) in [6.07, 6.45) is 13.3. The van der Waals surface area contributed by atoms with Crippen LogP contribution in [0.1, 0.15) is 12.8 Å². The maximum Gasteiger partial charge on any atom is 0.0199 e. The van der Waals surface area contributed by atoms with Crippen LogP contribution in [0.2, 0.25) is 0 Å². The van der Waals surface area contributed by atoms with Gasteiger partial charge in [0.25, 0.3) is 0 Å². The van der Waals surface area contributed by atoms with Crippen LogP contribution in [0, 0.1) is 0 Å². The quantitative estimate of drug-likeness (QED) is 0.737. The lowest BCUT2D eigenvalue weighted by atomic mass is 10.1. The Morgan fingerprint density at radius 2 is 2.13 bits per heavy atom. The van der Waals surface area contributed by atoms with Gasteiger partial charge in [-0.2, -0.15) is 0 Å². The van der Waals surface area contributed by atoms with E-state index < -0.39 is 0 Å². The van der Waals surface area contributed by atoms with E-state index in [-0.39, 0.29) is 0 Å². The topological polar surface area (TPSA) is 15.3 Å². The second-order valence-corrected chi connectivity index (χ2v) is 4.22. The Balaban J connectivity index is 1.86. The van der Waals surface area contributed by atoms with Crippen molar-refractivity contribution < 1.29 is 0 Å². The molecule has 15 heavy (non-hydrogen) atoms. The molecule has 2 nitrogen and oxygen atoms in total. The Morgan fingerprint density at radius 3 is 3.13 bits per heavy atom. The van der Waals surface area contributed by atoms with Crippen molar-refractivity contribution in [2.45, 2.75) is 12.8 Å². The highest BCUT2D eigenvalue weighted by Gasteiger charge is 2.09. The van der Waals surface area contributed by atoms with Crippen LogP contribution in [0.5, 0.6) is 0 Å². The Kier molecular flexibility index (Phi) is 4.18. The molecular formula is C13H20N2. The molecule has 0 spiro atoms. The Hall–Kier alpha value is -0.860. The van der Waals surface area contributed by atoms with Crippen LogP contribution in [0.25, 0.3) is 0 Å². The van der Waals surface area contributed by atoms with Gasteiger partial charge in [0.2, 0.25) is 0 Å². The summed E-state index contributed by atoms with van der Waals surface area (Å²) in [6.45, 7) is 5.87. The first-order valence-electron chi connectivity index (χ1n) is 5.89. The molecule has 0 aromatic rings. The van der Waals surface area contributed by atoms with Crippen molar-refractivity contribution in [1.29, 1.82) is 0 Å². The van der Waals surface area contributed by atoms with Gasteiger partial charge in [-0.05, 0) is 25.9 Å². The van der Waals surface area contributed by atoms with Crippen LogP contribution in [-0.4, -0.2) is 37.6 Å². The number of nitrogens with zero attached hydrogens (tertiary/aromatic N) is 1. The molecule has 2 aliphatic rings. The third-order valence-corrected chi connectivity index (χ3v) is 2.93. The fraction of sp³-hybridized carbons (Fsp3) is 0.538. The summed E-state index contributed by atoms with van der Waals surface area (Å²) in [7, 11) is 0. The van der Waals surface area contributed by atoms with Crippen molar-refractivity contribution in [3.8, 4) is 0 Å². The van der Waals surface area contributed by atoms with Crippen LogP contribution in [-0.2, 0) is 0 Å². The minimum atomic E-state index is 1.11. The number of hydrogen-bond donors (Lipinski definition) is 1. The van der Waals surface area contributed by atoms with Gasteiger partial charge in [0, 0.05) is 19.6 Å². The van der Waals surface area contributed by atoms with Gasteiger partial charge in [-0.25, -0.2) is 0 Å². The minimum absolute atomic E-state index is 1.11. The molecule has 1 aliphatic carbocycles. The highest BCUT2D eigenvalue weighted by molar-refractivity contribution is 5.24. The highest BCUT2D eigenvalue weighted by Crippen LogP contribution is 2.10. The van der Waals surface area contributed by atoms with Crippen molar-refractivity contribution >= 4 is 0 Å². The normalized spacial score (nSPS) is 23.3. The second kappa shape index (κ2) is 5.89. The van der Waals surface area contributed by atoms with Crippen LogP contribution in [0.4, 0.5) is 0 Å². The molecule has 1 heterocycles. The summed E-state index contributed by atoms with van der Waals surface area (Å²) in [6, 6.07) is 0. The van der Waals surface area contributed by atoms with E-state index in [1.54, 1.807) is 0 Å². The molecule has 0 unspecified atom stereocenters. The largest absolute Gasteiger partial charge is 0.315 e. The number of hydrogen-bond acceptors (Lipinski definition) is 2. The van der Waals surface area contributed by atoms with Gasteiger partial charge in [-0.15, -0.1) is 0 Å². The summed E-state index contributed by atoms with van der Waals surface area (Å²) >= 11 is 0. The minimum Gasteiger partial charge on any atom is -0.315 e. The molecule has 0 bridgehead atoms. The van der Waals surface area contributed by atoms with Crippen molar-refractivity contribution in [1.82, 2.24) is 10.2 Å². The standard InChI is InChI=1S/C13H20N2/c1-2-4-7-13(6-3-1)12-15-10-5-8-14-9-11-15/h1-4,6,14H,5,7-12H2. The molecule has 0 amide bonds. The zero-order chi connectivity index (χ0) is 10.3. The number of allylic oxidation sites excluding steroid dienone is 5. The molecule has 0 atom stereocenters. The van der Waals surface area contributed by atoms with Crippen molar-refractivity contribution in [3.63, 3.8) is 0 Å². The van der Waals surface area contributed by atoms with Gasteiger partial charge < -0.3 is 5.32 Å². The molecule has 1 aliphatic heterocycles. The lowest BCUT2D eigenvalue weighted by Crippen LogP contribution is -2.29. The number of rotatable bonds is 2. The molecule has 0 radical (unpaired) electrons. The molecule has 0 aromatic carbocycles. The van der Waals surface area contributed by atoms with Crippen molar-refractivity contribution in [2.75, 3.05) is 32.7 Å². The first-order valence-corrected chi connectivity index (χ1v) is 5.89. The summed E-state index contributed by atoms with van der Waals surface area (Å²) in [5.74, 6) is 0. The third kappa shape index (κ3) is 3.65. The van der Waals surface area contributed by atoms with Crippen LogP contribution in [0.3, 0.4) is 0 Å². The smallest absolute Gasteiger partial charge is 0.0199 e. The Labute approximate surface area is 92.3 Å². The predicted octanol–water partition coefficient (Wildman–Crippen LogP) is 1.72. The zero-order valence-electron chi connectivity index (χ0n) is 9.28. The van der Waals surface area contributed by atoms with Gasteiger partial charge in [-0.3, -0.25) is 4.90 Å². The van der Waals surface area contributed by atoms with E-state index in [1.165, 1.54) is 31.6 Å². The predicted molar refractivity (Wildman–Crippen MR) is 64.9 cm³/mol. The highest BCUT2D eigenvalue weighted by atomic mass is 15.1. The molecule has 0 aromatic heterocycles. The third-order valence-electron chi connectivity index (χ3n) is 2.93. The van der Waals surface area contributed by atoms with Gasteiger partial charge in [0.05, 0.1) is 0 Å². The monoisotopic (exact) mass is 204 g/mol. The second-order valence-electron chi connectivity index (χ2n) is 4.22. The average Bonchev–Trinajstić information content (AvgIpc) is 2.63. The molecule has 2 rings (SSSR count). The van der Waals surface area contributed by atoms with E-state index in [0.29, 0.717) is 0 Å². The molecule has 1 N–H and O–H groups in total. The van der Waals surface area contributed by atoms with Gasteiger partial charge in [0.15, 0.2) is 0 Å². The fourth-order valence-electron chi connectivity index (χ4n) is 2.09. The molecule has 1 fully saturated rings. The Morgan fingerprint density at radius 1 is 1.13 bits per heavy atom. The molecule has 82 valence electrons. The van der Waals surface area contributed by atoms with Crippen LogP contribution < -0.4 is 5.32 Å². The summed E-state index contributed by atoms with van der Waals surface area (Å²) in [4.78, 5) is 2.55. The summed E-state index contributed by atoms with van der Waals surface area (Å²) in [5, 5.41) is 3.44. The van der Waals surface area contributed by atoms with Gasteiger partial charge >= 0.3 is 0 Å². The molecule has 0 saturated carbocycles. The van der Waals surface area contributed by atoms with Gasteiger partial charge in [0.1, 0.15) is 0 Å². The lowest BCUT2D eigenvalue weighted by molar-refractivity contribution is 0.315. The van der Waals surface area contributed by atoms with E-state index in [2.05, 4.69) is 40.6 Å². The first-order chi connectivity index (χ1) is 7.45. The van der Waals surface area contributed by atoms with Crippen molar-refractivity contribution in [3.05, 3.63) is 36.0 Å².